The summed E-state index contributed by atoms with van der Waals surface area (Å²) < 4.78 is 9.99. The van der Waals surface area contributed by atoms with Crippen molar-refractivity contribution in [3.05, 3.63) is 12.2 Å². The minimum atomic E-state index is -0.499. The van der Waals surface area contributed by atoms with Crippen LogP contribution in [0.3, 0.4) is 0 Å². The van der Waals surface area contributed by atoms with Gasteiger partial charge in [0.05, 0.1) is 6.61 Å². The Morgan fingerprint density at radius 3 is 2.81 bits per heavy atom. The molecule has 1 atom stereocenters. The van der Waals surface area contributed by atoms with E-state index in [-0.39, 0.29) is 1.43 Å². The predicted molar refractivity (Wildman–Crippen MR) is 62.3 cm³/mol. The van der Waals surface area contributed by atoms with Gasteiger partial charge in [0.15, 0.2) is 11.7 Å². The maximum atomic E-state index is 11.3. The van der Waals surface area contributed by atoms with E-state index in [1.807, 2.05) is 6.92 Å². The first-order valence-electron chi connectivity index (χ1n) is 5.35. The third-order valence-corrected chi connectivity index (χ3v) is 2.46. The molecule has 92 valence electrons. The molecule has 5 heteroatoms. The summed E-state index contributed by atoms with van der Waals surface area (Å²) >= 11 is 0. The quantitative estimate of drug-likeness (QED) is 0.860. The molecule has 0 spiro atoms. The number of aryl methyl sites for hydroxylation is 1. The van der Waals surface area contributed by atoms with E-state index >= 15 is 0 Å². The largest absolute Gasteiger partial charge is 0.449 e. The molecule has 0 aromatic carbocycles. The van der Waals surface area contributed by atoms with Gasteiger partial charge in [-0.1, -0.05) is 20.8 Å². The molecule has 0 aliphatic carbocycles. The molecular formula is C11H20N2O3. The van der Waals surface area contributed by atoms with E-state index in [0.29, 0.717) is 30.2 Å². The second-order valence-corrected chi connectivity index (χ2v) is 4.20. The molecule has 0 saturated carbocycles. The molecule has 1 amide bonds. The minimum Gasteiger partial charge on any atom is -0.449 e. The van der Waals surface area contributed by atoms with Gasteiger partial charge in [0, 0.05) is 8.35 Å². The van der Waals surface area contributed by atoms with Crippen LogP contribution in [0.5, 0.6) is 0 Å². The van der Waals surface area contributed by atoms with E-state index in [0.717, 1.165) is 0 Å². The number of amides is 1. The molecule has 1 aromatic rings. The highest BCUT2D eigenvalue weighted by atomic mass is 16.5. The SMILES string of the molecule is Cc1nc(NC(=O)OC[C@H](C)C(C)C)co1.[HH]. The van der Waals surface area contributed by atoms with Gasteiger partial charge in [-0.15, -0.1) is 0 Å². The lowest BCUT2D eigenvalue weighted by Gasteiger charge is -2.15. The summed E-state index contributed by atoms with van der Waals surface area (Å²) in [6.45, 7) is 8.33. The maximum absolute atomic E-state index is 11.3. The molecule has 0 saturated heterocycles. The summed E-state index contributed by atoms with van der Waals surface area (Å²) in [4.78, 5) is 15.3. The number of hydrogen-bond donors (Lipinski definition) is 1. The van der Waals surface area contributed by atoms with Crippen LogP contribution in [0.25, 0.3) is 0 Å². The van der Waals surface area contributed by atoms with Crippen molar-refractivity contribution in [2.75, 3.05) is 11.9 Å². The van der Waals surface area contributed by atoms with Gasteiger partial charge in [0.2, 0.25) is 0 Å². The van der Waals surface area contributed by atoms with Crippen molar-refractivity contribution in [3.63, 3.8) is 0 Å². The minimum absolute atomic E-state index is 0. The molecular weight excluding hydrogens is 208 g/mol. The van der Waals surface area contributed by atoms with Crippen LogP contribution in [0, 0.1) is 18.8 Å². The van der Waals surface area contributed by atoms with Gasteiger partial charge in [-0.05, 0) is 11.8 Å². The molecule has 5 nitrogen and oxygen atoms in total. The number of anilines is 1. The van der Waals surface area contributed by atoms with Crippen LogP contribution in [0.15, 0.2) is 10.7 Å². The highest BCUT2D eigenvalue weighted by Gasteiger charge is 2.11. The molecule has 0 unspecified atom stereocenters. The zero-order valence-corrected chi connectivity index (χ0v) is 10.1. The van der Waals surface area contributed by atoms with Gasteiger partial charge in [-0.25, -0.2) is 4.79 Å². The first-order chi connectivity index (χ1) is 7.49. The molecule has 0 aliphatic heterocycles. The molecule has 0 bridgehead atoms. The number of nitrogens with one attached hydrogen (secondary N) is 1. The second-order valence-electron chi connectivity index (χ2n) is 4.20. The fraction of sp³-hybridized carbons (Fsp3) is 0.636. The van der Waals surface area contributed by atoms with E-state index < -0.39 is 6.09 Å². The number of aromatic nitrogens is 1. The molecule has 1 heterocycles. The topological polar surface area (TPSA) is 64.4 Å². The molecule has 1 aromatic heterocycles. The number of nitrogens with zero attached hydrogens (tertiary/aromatic N) is 1. The van der Waals surface area contributed by atoms with Crippen LogP contribution in [-0.2, 0) is 4.74 Å². The molecule has 0 radical (unpaired) electrons. The van der Waals surface area contributed by atoms with Crippen molar-refractivity contribution in [1.82, 2.24) is 4.98 Å². The van der Waals surface area contributed by atoms with Crippen LogP contribution >= 0.6 is 0 Å². The normalized spacial score (nSPS) is 12.6. The van der Waals surface area contributed by atoms with Crippen molar-refractivity contribution >= 4 is 11.9 Å². The number of hydrogen-bond acceptors (Lipinski definition) is 4. The first-order valence-corrected chi connectivity index (χ1v) is 5.35. The zero-order chi connectivity index (χ0) is 12.1. The Labute approximate surface area is 96.7 Å². The zero-order valence-electron chi connectivity index (χ0n) is 10.1. The number of ether oxygens (including phenoxy) is 1. The number of oxazole rings is 1. The van der Waals surface area contributed by atoms with Crippen molar-refractivity contribution in [2.45, 2.75) is 27.7 Å². The summed E-state index contributed by atoms with van der Waals surface area (Å²) in [5.41, 5.74) is 0. The summed E-state index contributed by atoms with van der Waals surface area (Å²) in [6, 6.07) is 0. The number of rotatable bonds is 4. The smallest absolute Gasteiger partial charge is 0.412 e. The third-order valence-electron chi connectivity index (χ3n) is 2.46. The van der Waals surface area contributed by atoms with Crippen molar-refractivity contribution in [1.29, 1.82) is 0 Å². The Morgan fingerprint density at radius 1 is 1.62 bits per heavy atom. The van der Waals surface area contributed by atoms with E-state index in [1.165, 1.54) is 6.26 Å². The highest BCUT2D eigenvalue weighted by Crippen LogP contribution is 2.11. The predicted octanol–water partition coefficient (Wildman–Crippen LogP) is 3.07. The van der Waals surface area contributed by atoms with Crippen molar-refractivity contribution in [2.24, 2.45) is 11.8 Å². The third kappa shape index (κ3) is 3.92. The fourth-order valence-corrected chi connectivity index (χ4v) is 0.961. The molecule has 1 rings (SSSR count). The monoisotopic (exact) mass is 228 g/mol. The summed E-state index contributed by atoms with van der Waals surface area (Å²) in [5.74, 6) is 1.71. The lowest BCUT2D eigenvalue weighted by molar-refractivity contribution is 0.133. The molecule has 0 fully saturated rings. The average molecular weight is 228 g/mol. The Balaban J connectivity index is 0.00000256. The van der Waals surface area contributed by atoms with Crippen LogP contribution in [0.4, 0.5) is 10.6 Å². The van der Waals surface area contributed by atoms with Crippen LogP contribution < -0.4 is 5.32 Å². The fourth-order valence-electron chi connectivity index (χ4n) is 0.961. The number of carbonyl (C=O) groups excluding carboxylic acids is 1. The Bertz CT molecular complexity index is 352. The van der Waals surface area contributed by atoms with Crippen LogP contribution in [-0.4, -0.2) is 17.7 Å². The maximum Gasteiger partial charge on any atom is 0.412 e. The van der Waals surface area contributed by atoms with Gasteiger partial charge in [-0.3, -0.25) is 5.32 Å². The van der Waals surface area contributed by atoms with E-state index in [9.17, 15) is 4.79 Å². The van der Waals surface area contributed by atoms with Gasteiger partial charge in [-0.2, -0.15) is 4.98 Å². The lowest BCUT2D eigenvalue weighted by Crippen LogP contribution is -2.20. The Morgan fingerprint density at radius 2 is 2.31 bits per heavy atom. The Kier molecular flexibility index (Phi) is 4.34. The summed E-state index contributed by atoms with van der Waals surface area (Å²) in [6.07, 6.45) is 0.878. The van der Waals surface area contributed by atoms with Gasteiger partial charge in [0.25, 0.3) is 0 Å². The van der Waals surface area contributed by atoms with E-state index in [1.54, 1.807) is 6.92 Å². The van der Waals surface area contributed by atoms with Gasteiger partial charge >= 0.3 is 6.09 Å². The van der Waals surface area contributed by atoms with Gasteiger partial charge < -0.3 is 9.15 Å². The average Bonchev–Trinajstić information content (AvgIpc) is 2.60. The van der Waals surface area contributed by atoms with E-state index in [4.69, 9.17) is 9.15 Å². The van der Waals surface area contributed by atoms with E-state index in [2.05, 4.69) is 24.1 Å². The summed E-state index contributed by atoms with van der Waals surface area (Å²) in [7, 11) is 0. The second kappa shape index (κ2) is 5.53. The summed E-state index contributed by atoms with van der Waals surface area (Å²) in [5, 5.41) is 2.49. The molecule has 1 N–H and O–H groups in total. The standard InChI is InChI=1S/C11H18N2O3.H2/c1-7(2)8(3)5-16-11(14)13-10-6-15-9(4)12-10;/h6-8H,5H2,1-4H3,(H,13,14);1H/t8-;/m0./s1. The van der Waals surface area contributed by atoms with Crippen LogP contribution in [0.1, 0.15) is 28.1 Å². The Hall–Kier alpha value is -1.52. The number of carbonyl (C=O) groups is 1. The van der Waals surface area contributed by atoms with Gasteiger partial charge in [0.1, 0.15) is 6.26 Å². The molecule has 16 heavy (non-hydrogen) atoms. The van der Waals surface area contributed by atoms with Crippen LogP contribution in [0.2, 0.25) is 0 Å². The first kappa shape index (κ1) is 12.5. The van der Waals surface area contributed by atoms with Crippen molar-refractivity contribution < 1.29 is 15.4 Å². The highest BCUT2D eigenvalue weighted by molar-refractivity contribution is 5.82. The lowest BCUT2D eigenvalue weighted by atomic mass is 10.00. The van der Waals surface area contributed by atoms with Crippen molar-refractivity contribution in [3.8, 4) is 0 Å². The molecule has 0 aliphatic rings.